The van der Waals surface area contributed by atoms with Crippen LogP contribution >= 0.6 is 0 Å². The van der Waals surface area contributed by atoms with E-state index >= 15 is 0 Å². The van der Waals surface area contributed by atoms with Crippen LogP contribution in [0.3, 0.4) is 0 Å². The third-order valence-corrected chi connectivity index (χ3v) is 5.58. The number of hydrogen-bond acceptors (Lipinski definition) is 3. The number of nitrogens with one attached hydrogen (secondary N) is 1. The zero-order chi connectivity index (χ0) is 21.8. The minimum atomic E-state index is -0.349. The summed E-state index contributed by atoms with van der Waals surface area (Å²) in [5.41, 5.74) is 3.91. The van der Waals surface area contributed by atoms with Crippen molar-refractivity contribution in [2.75, 3.05) is 11.4 Å². The van der Waals surface area contributed by atoms with Crippen LogP contribution in [-0.4, -0.2) is 22.9 Å². The van der Waals surface area contributed by atoms with Crippen molar-refractivity contribution in [3.05, 3.63) is 100.0 Å². The van der Waals surface area contributed by atoms with Gasteiger partial charge in [0.15, 0.2) is 0 Å². The van der Waals surface area contributed by atoms with Gasteiger partial charge in [-0.2, -0.15) is 0 Å². The molecule has 1 fully saturated rings. The molecule has 1 aliphatic heterocycles. The highest BCUT2D eigenvalue weighted by molar-refractivity contribution is 6.00. The third-order valence-electron chi connectivity index (χ3n) is 5.58. The van der Waals surface area contributed by atoms with Gasteiger partial charge in [-0.05, 0) is 36.2 Å². The van der Waals surface area contributed by atoms with Gasteiger partial charge in [-0.15, -0.1) is 0 Å². The van der Waals surface area contributed by atoms with Gasteiger partial charge in [0, 0.05) is 37.5 Å². The summed E-state index contributed by atoms with van der Waals surface area (Å²) in [5.74, 6) is -0.481. The molecule has 0 aliphatic carbocycles. The number of hydrogen-bond donors (Lipinski definition) is 1. The molecule has 6 heteroatoms. The molecule has 0 saturated carbocycles. The molecule has 1 aromatic heterocycles. The topological polar surface area (TPSA) is 71.4 Å². The molecule has 0 radical (unpaired) electrons. The standard InChI is InChI=1S/C25H25N3O3/c1-18-5-11-22(12-6-18)28-17-21(14-24(28)30)25(31)26-15-19-7-9-20(10-8-19)16-27-13-3-2-4-23(27)29/h2-13,21H,14-17H2,1H3,(H,26,31). The summed E-state index contributed by atoms with van der Waals surface area (Å²) in [6, 6.07) is 20.7. The fourth-order valence-electron chi connectivity index (χ4n) is 3.74. The average molecular weight is 415 g/mol. The summed E-state index contributed by atoms with van der Waals surface area (Å²) in [6.07, 6.45) is 1.99. The Balaban J connectivity index is 1.31. The molecule has 1 N–H and O–H groups in total. The van der Waals surface area contributed by atoms with Crippen LogP contribution in [0.4, 0.5) is 5.69 Å². The maximum absolute atomic E-state index is 12.6. The molecular formula is C25H25N3O3. The Bertz CT molecular complexity index is 1130. The number of amides is 2. The Morgan fingerprint density at radius 2 is 1.68 bits per heavy atom. The monoisotopic (exact) mass is 415 g/mol. The van der Waals surface area contributed by atoms with E-state index in [1.54, 1.807) is 21.7 Å². The first-order valence-corrected chi connectivity index (χ1v) is 10.4. The maximum Gasteiger partial charge on any atom is 0.250 e. The second kappa shape index (κ2) is 9.00. The number of aryl methyl sites for hydroxylation is 1. The molecule has 1 unspecified atom stereocenters. The molecule has 31 heavy (non-hydrogen) atoms. The van der Waals surface area contributed by atoms with E-state index in [9.17, 15) is 14.4 Å². The molecule has 3 aromatic rings. The van der Waals surface area contributed by atoms with Gasteiger partial charge in [0.25, 0.3) is 5.56 Å². The molecular weight excluding hydrogens is 390 g/mol. The van der Waals surface area contributed by atoms with Crippen molar-refractivity contribution in [2.24, 2.45) is 5.92 Å². The summed E-state index contributed by atoms with van der Waals surface area (Å²) in [4.78, 5) is 38.5. The van der Waals surface area contributed by atoms with Crippen molar-refractivity contribution in [1.29, 1.82) is 0 Å². The van der Waals surface area contributed by atoms with E-state index in [1.807, 2.05) is 61.5 Å². The normalized spacial score (nSPS) is 15.8. The molecule has 0 spiro atoms. The van der Waals surface area contributed by atoms with Crippen LogP contribution in [0, 0.1) is 12.8 Å². The van der Waals surface area contributed by atoms with Gasteiger partial charge in [0.1, 0.15) is 0 Å². The lowest BCUT2D eigenvalue weighted by molar-refractivity contribution is -0.126. The van der Waals surface area contributed by atoms with Crippen molar-refractivity contribution in [2.45, 2.75) is 26.4 Å². The fourth-order valence-corrected chi connectivity index (χ4v) is 3.74. The Morgan fingerprint density at radius 3 is 2.39 bits per heavy atom. The number of pyridine rings is 1. The molecule has 6 nitrogen and oxygen atoms in total. The van der Waals surface area contributed by atoms with Crippen LogP contribution in [0.15, 0.2) is 77.7 Å². The quantitative estimate of drug-likeness (QED) is 0.673. The summed E-state index contributed by atoms with van der Waals surface area (Å²) < 4.78 is 1.65. The first-order chi connectivity index (χ1) is 15.0. The first-order valence-electron chi connectivity index (χ1n) is 10.4. The molecule has 2 heterocycles. The Kier molecular flexibility index (Phi) is 5.98. The highest BCUT2D eigenvalue weighted by Gasteiger charge is 2.34. The second-order valence-electron chi connectivity index (χ2n) is 7.94. The van der Waals surface area contributed by atoms with E-state index in [1.165, 1.54) is 6.07 Å². The van der Waals surface area contributed by atoms with Gasteiger partial charge < -0.3 is 14.8 Å². The predicted octanol–water partition coefficient (Wildman–Crippen LogP) is 2.87. The predicted molar refractivity (Wildman–Crippen MR) is 120 cm³/mol. The lowest BCUT2D eigenvalue weighted by Crippen LogP contribution is -2.32. The fraction of sp³-hybridized carbons (Fsp3) is 0.240. The third kappa shape index (κ3) is 4.91. The molecule has 1 aliphatic rings. The van der Waals surface area contributed by atoms with E-state index in [4.69, 9.17) is 0 Å². The molecule has 1 atom stereocenters. The van der Waals surface area contributed by atoms with Crippen LogP contribution < -0.4 is 15.8 Å². The molecule has 158 valence electrons. The number of carbonyl (C=O) groups is 2. The molecule has 0 bridgehead atoms. The van der Waals surface area contributed by atoms with E-state index in [-0.39, 0.29) is 29.7 Å². The number of aromatic nitrogens is 1. The molecule has 2 aromatic carbocycles. The Hall–Kier alpha value is -3.67. The molecule has 2 amide bonds. The van der Waals surface area contributed by atoms with Gasteiger partial charge in [0.05, 0.1) is 12.5 Å². The van der Waals surface area contributed by atoms with E-state index in [0.717, 1.165) is 22.4 Å². The van der Waals surface area contributed by atoms with Crippen molar-refractivity contribution < 1.29 is 9.59 Å². The lowest BCUT2D eigenvalue weighted by atomic mass is 10.1. The zero-order valence-electron chi connectivity index (χ0n) is 17.5. The maximum atomic E-state index is 12.6. The molecule has 1 saturated heterocycles. The van der Waals surface area contributed by atoms with Crippen molar-refractivity contribution >= 4 is 17.5 Å². The minimum absolute atomic E-state index is 0.0236. The van der Waals surface area contributed by atoms with Gasteiger partial charge in [0.2, 0.25) is 11.8 Å². The van der Waals surface area contributed by atoms with Gasteiger partial charge in [-0.25, -0.2) is 0 Å². The Morgan fingerprint density at radius 1 is 0.968 bits per heavy atom. The highest BCUT2D eigenvalue weighted by atomic mass is 16.2. The highest BCUT2D eigenvalue weighted by Crippen LogP contribution is 2.25. The smallest absolute Gasteiger partial charge is 0.250 e. The van der Waals surface area contributed by atoms with Crippen LogP contribution in [-0.2, 0) is 22.7 Å². The van der Waals surface area contributed by atoms with Crippen LogP contribution in [0.1, 0.15) is 23.1 Å². The second-order valence-corrected chi connectivity index (χ2v) is 7.94. The summed E-state index contributed by atoms with van der Waals surface area (Å²) in [6.45, 7) is 3.31. The average Bonchev–Trinajstić information content (AvgIpc) is 3.17. The summed E-state index contributed by atoms with van der Waals surface area (Å²) in [5, 5.41) is 2.95. The zero-order valence-corrected chi connectivity index (χ0v) is 17.5. The number of anilines is 1. The minimum Gasteiger partial charge on any atom is -0.352 e. The van der Waals surface area contributed by atoms with Gasteiger partial charge in [-0.1, -0.05) is 48.0 Å². The van der Waals surface area contributed by atoms with Crippen molar-refractivity contribution in [1.82, 2.24) is 9.88 Å². The van der Waals surface area contributed by atoms with E-state index in [2.05, 4.69) is 5.32 Å². The van der Waals surface area contributed by atoms with Crippen LogP contribution in [0.25, 0.3) is 0 Å². The van der Waals surface area contributed by atoms with Crippen LogP contribution in [0.2, 0.25) is 0 Å². The number of benzene rings is 2. The van der Waals surface area contributed by atoms with Crippen molar-refractivity contribution in [3.8, 4) is 0 Å². The van der Waals surface area contributed by atoms with Crippen LogP contribution in [0.5, 0.6) is 0 Å². The molecule has 4 rings (SSSR count). The van der Waals surface area contributed by atoms with E-state index < -0.39 is 0 Å². The van der Waals surface area contributed by atoms with Crippen molar-refractivity contribution in [3.63, 3.8) is 0 Å². The summed E-state index contributed by atoms with van der Waals surface area (Å²) >= 11 is 0. The number of carbonyl (C=O) groups excluding carboxylic acids is 2. The summed E-state index contributed by atoms with van der Waals surface area (Å²) in [7, 11) is 0. The van der Waals surface area contributed by atoms with Gasteiger partial charge in [-0.3, -0.25) is 14.4 Å². The largest absolute Gasteiger partial charge is 0.352 e. The SMILES string of the molecule is Cc1ccc(N2CC(C(=O)NCc3ccc(Cn4ccccc4=O)cc3)CC2=O)cc1. The first kappa shape index (κ1) is 20.6. The Labute approximate surface area is 181 Å². The number of rotatable bonds is 6. The number of nitrogens with zero attached hydrogens (tertiary/aromatic N) is 2. The van der Waals surface area contributed by atoms with Gasteiger partial charge >= 0.3 is 0 Å². The lowest BCUT2D eigenvalue weighted by Gasteiger charge is -2.17. The van der Waals surface area contributed by atoms with E-state index in [0.29, 0.717) is 19.6 Å².